The summed E-state index contributed by atoms with van der Waals surface area (Å²) in [7, 11) is 7.19. The van der Waals surface area contributed by atoms with Gasteiger partial charge in [0.25, 0.3) is 0 Å². The van der Waals surface area contributed by atoms with Crippen molar-refractivity contribution in [2.45, 2.75) is 25.4 Å². The highest BCUT2D eigenvalue weighted by molar-refractivity contribution is 5.93. The van der Waals surface area contributed by atoms with Gasteiger partial charge in [-0.1, -0.05) is 12.1 Å². The molecule has 0 saturated carbocycles. The Bertz CT molecular complexity index is 1210. The number of methoxy groups -OCH3 is 3. The second kappa shape index (κ2) is 11.4. The van der Waals surface area contributed by atoms with Crippen molar-refractivity contribution in [1.82, 2.24) is 19.8 Å². The predicted molar refractivity (Wildman–Crippen MR) is 147 cm³/mol. The van der Waals surface area contributed by atoms with Crippen LogP contribution >= 0.6 is 0 Å². The van der Waals surface area contributed by atoms with Crippen LogP contribution in [0, 0.1) is 0 Å². The third-order valence-electron chi connectivity index (χ3n) is 7.44. The van der Waals surface area contributed by atoms with Gasteiger partial charge in [0.15, 0.2) is 11.5 Å². The first-order valence-corrected chi connectivity index (χ1v) is 13.1. The quantitative estimate of drug-likeness (QED) is 0.494. The number of hydrogen-bond acceptors (Lipinski definition) is 9. The predicted octanol–water partition coefficient (Wildman–Crippen LogP) is 3.48. The zero-order chi connectivity index (χ0) is 25.8. The van der Waals surface area contributed by atoms with Crippen LogP contribution in [0.1, 0.15) is 18.4 Å². The number of nitrogens with one attached hydrogen (secondary N) is 1. The molecule has 2 aromatic carbocycles. The second-order valence-electron chi connectivity index (χ2n) is 9.93. The standard InChI is InChI=1S/C28H38N6O3/c1-32-12-14-34(15-13-32)28-30-24-18-26(37-4)25(36-3)17-23(24)27(31-28)29-21-8-10-33(11-9-21)19-20-6-5-7-22(16-20)35-2/h5-7,16-18,21H,8-15,19H2,1-4H3,(H,29,30,31). The number of piperazine rings is 1. The Balaban J connectivity index is 1.34. The molecule has 3 heterocycles. The summed E-state index contributed by atoms with van der Waals surface area (Å²) >= 11 is 0. The molecular formula is C28H38N6O3. The zero-order valence-corrected chi connectivity index (χ0v) is 22.4. The van der Waals surface area contributed by atoms with E-state index < -0.39 is 0 Å². The maximum absolute atomic E-state index is 5.59. The number of nitrogens with zero attached hydrogens (tertiary/aromatic N) is 5. The largest absolute Gasteiger partial charge is 0.497 e. The summed E-state index contributed by atoms with van der Waals surface area (Å²) in [5.74, 6) is 3.90. The van der Waals surface area contributed by atoms with E-state index in [1.807, 2.05) is 18.2 Å². The number of likely N-dealkylation sites (N-methyl/N-ethyl adjacent to an activating group) is 1. The molecule has 0 atom stereocenters. The summed E-state index contributed by atoms with van der Waals surface area (Å²) in [6, 6.07) is 12.6. The van der Waals surface area contributed by atoms with E-state index in [-0.39, 0.29) is 0 Å². The molecule has 0 amide bonds. The van der Waals surface area contributed by atoms with Gasteiger partial charge in [-0.2, -0.15) is 4.98 Å². The number of ether oxygens (including phenoxy) is 3. The van der Waals surface area contributed by atoms with Crippen LogP contribution in [0.4, 0.5) is 11.8 Å². The molecule has 2 aliphatic rings. The molecule has 2 fully saturated rings. The van der Waals surface area contributed by atoms with Crippen LogP contribution in [0.5, 0.6) is 17.2 Å². The molecule has 0 unspecified atom stereocenters. The molecule has 0 bridgehead atoms. The van der Waals surface area contributed by atoms with Crippen molar-refractivity contribution in [2.24, 2.45) is 0 Å². The number of anilines is 2. The number of likely N-dealkylation sites (tertiary alicyclic amines) is 1. The third kappa shape index (κ3) is 5.83. The third-order valence-corrected chi connectivity index (χ3v) is 7.44. The van der Waals surface area contributed by atoms with Gasteiger partial charge in [-0.15, -0.1) is 0 Å². The van der Waals surface area contributed by atoms with Gasteiger partial charge in [-0.25, -0.2) is 4.98 Å². The van der Waals surface area contributed by atoms with Crippen molar-refractivity contribution >= 4 is 22.7 Å². The van der Waals surface area contributed by atoms with E-state index in [1.165, 1.54) is 5.56 Å². The number of hydrogen-bond donors (Lipinski definition) is 1. The summed E-state index contributed by atoms with van der Waals surface area (Å²) in [6.07, 6.45) is 2.10. The Morgan fingerprint density at radius 2 is 1.59 bits per heavy atom. The average Bonchev–Trinajstić information content (AvgIpc) is 2.93. The smallest absolute Gasteiger partial charge is 0.227 e. The minimum Gasteiger partial charge on any atom is -0.497 e. The molecule has 3 aromatic rings. The molecule has 1 aromatic heterocycles. The minimum absolute atomic E-state index is 0.341. The Hall–Kier alpha value is -3.30. The Morgan fingerprint density at radius 1 is 0.865 bits per heavy atom. The monoisotopic (exact) mass is 506 g/mol. The van der Waals surface area contributed by atoms with E-state index >= 15 is 0 Å². The second-order valence-corrected chi connectivity index (χ2v) is 9.93. The molecule has 0 aliphatic carbocycles. The Morgan fingerprint density at radius 3 is 2.30 bits per heavy atom. The fraction of sp³-hybridized carbons (Fsp3) is 0.500. The first-order valence-electron chi connectivity index (χ1n) is 13.1. The first kappa shape index (κ1) is 25.4. The molecule has 9 nitrogen and oxygen atoms in total. The summed E-state index contributed by atoms with van der Waals surface area (Å²) in [5, 5.41) is 4.73. The number of benzene rings is 2. The highest BCUT2D eigenvalue weighted by Crippen LogP contribution is 2.36. The summed E-state index contributed by atoms with van der Waals surface area (Å²) in [4.78, 5) is 17.1. The van der Waals surface area contributed by atoms with Crippen LogP contribution in [-0.4, -0.2) is 93.5 Å². The normalized spacial score (nSPS) is 17.7. The van der Waals surface area contributed by atoms with Crippen LogP contribution in [0.15, 0.2) is 36.4 Å². The van der Waals surface area contributed by atoms with Gasteiger partial charge < -0.3 is 29.3 Å². The molecular weight excluding hydrogens is 468 g/mol. The van der Waals surface area contributed by atoms with Gasteiger partial charge in [0.05, 0.1) is 26.8 Å². The van der Waals surface area contributed by atoms with E-state index in [9.17, 15) is 0 Å². The summed E-state index contributed by atoms with van der Waals surface area (Å²) in [5.41, 5.74) is 2.14. The van der Waals surface area contributed by atoms with Crippen LogP contribution < -0.4 is 24.4 Å². The molecule has 2 saturated heterocycles. The van der Waals surface area contributed by atoms with Crippen molar-refractivity contribution in [3.05, 3.63) is 42.0 Å². The van der Waals surface area contributed by atoms with Crippen molar-refractivity contribution in [2.75, 3.05) is 77.9 Å². The lowest BCUT2D eigenvalue weighted by molar-refractivity contribution is 0.211. The van der Waals surface area contributed by atoms with Crippen molar-refractivity contribution < 1.29 is 14.2 Å². The highest BCUT2D eigenvalue weighted by atomic mass is 16.5. The van der Waals surface area contributed by atoms with E-state index in [1.54, 1.807) is 21.3 Å². The van der Waals surface area contributed by atoms with Gasteiger partial charge in [0, 0.05) is 63.3 Å². The molecule has 37 heavy (non-hydrogen) atoms. The van der Waals surface area contributed by atoms with Crippen molar-refractivity contribution in [3.8, 4) is 17.2 Å². The SMILES string of the molecule is COc1cccc(CN2CCC(Nc3nc(N4CCN(C)CC4)nc4cc(OC)c(OC)cc34)CC2)c1. The first-order chi connectivity index (χ1) is 18.1. The minimum atomic E-state index is 0.341. The molecule has 1 N–H and O–H groups in total. The lowest BCUT2D eigenvalue weighted by atomic mass is 10.0. The zero-order valence-electron chi connectivity index (χ0n) is 22.4. The van der Waals surface area contributed by atoms with Gasteiger partial charge in [-0.05, 0) is 43.7 Å². The fourth-order valence-electron chi connectivity index (χ4n) is 5.16. The highest BCUT2D eigenvalue weighted by Gasteiger charge is 2.24. The summed E-state index contributed by atoms with van der Waals surface area (Å²) in [6.45, 7) is 6.82. The lowest BCUT2D eigenvalue weighted by Crippen LogP contribution is -2.45. The average molecular weight is 507 g/mol. The lowest BCUT2D eigenvalue weighted by Gasteiger charge is -2.34. The van der Waals surface area contributed by atoms with E-state index in [4.69, 9.17) is 24.2 Å². The van der Waals surface area contributed by atoms with Gasteiger partial charge in [-0.3, -0.25) is 4.90 Å². The number of fused-ring (bicyclic) bond motifs is 1. The van der Waals surface area contributed by atoms with Crippen LogP contribution in [0.3, 0.4) is 0 Å². The van der Waals surface area contributed by atoms with Crippen LogP contribution in [0.25, 0.3) is 10.9 Å². The topological polar surface area (TPSA) is 75.2 Å². The van der Waals surface area contributed by atoms with Crippen molar-refractivity contribution in [3.63, 3.8) is 0 Å². The van der Waals surface area contributed by atoms with Gasteiger partial charge in [0.2, 0.25) is 5.95 Å². The molecule has 0 radical (unpaired) electrons. The molecule has 2 aliphatic heterocycles. The number of aromatic nitrogens is 2. The molecule has 198 valence electrons. The molecule has 5 rings (SSSR count). The van der Waals surface area contributed by atoms with Crippen LogP contribution in [-0.2, 0) is 6.54 Å². The van der Waals surface area contributed by atoms with Crippen LogP contribution in [0.2, 0.25) is 0 Å². The Labute approximate surface area is 219 Å². The fourth-order valence-corrected chi connectivity index (χ4v) is 5.16. The number of piperidine rings is 1. The van der Waals surface area contributed by atoms with E-state index in [0.717, 1.165) is 87.1 Å². The maximum atomic E-state index is 5.59. The number of rotatable bonds is 8. The van der Waals surface area contributed by atoms with Gasteiger partial charge in [0.1, 0.15) is 11.6 Å². The molecule has 0 spiro atoms. The Kier molecular flexibility index (Phi) is 7.81. The van der Waals surface area contributed by atoms with E-state index in [0.29, 0.717) is 17.5 Å². The van der Waals surface area contributed by atoms with Crippen molar-refractivity contribution in [1.29, 1.82) is 0 Å². The van der Waals surface area contributed by atoms with Gasteiger partial charge >= 0.3 is 0 Å². The maximum Gasteiger partial charge on any atom is 0.227 e. The van der Waals surface area contributed by atoms with E-state index in [2.05, 4.69) is 45.3 Å². The molecule has 9 heteroatoms. The summed E-state index contributed by atoms with van der Waals surface area (Å²) < 4.78 is 16.6.